The summed E-state index contributed by atoms with van der Waals surface area (Å²) in [6.07, 6.45) is 4.51. The van der Waals surface area contributed by atoms with Gasteiger partial charge in [-0.15, -0.1) is 0 Å². The number of fused-ring (bicyclic) bond motifs is 1. The number of amides is 1. The Balaban J connectivity index is 1.58. The van der Waals surface area contributed by atoms with Gasteiger partial charge < -0.3 is 10.6 Å². The third kappa shape index (κ3) is 3.29. The molecule has 1 amide bonds. The standard InChI is InChI=1S/C18H26N2O/c1-18(2)10-9-13-5-3-4-6-15(13)16(18)19-11-12-20-17(21)14-7-8-14/h3-6,14,16,19H,7-12H2,1-2H3,(H,20,21). The summed E-state index contributed by atoms with van der Waals surface area (Å²) in [4.78, 5) is 11.6. The number of hydrogen-bond acceptors (Lipinski definition) is 2. The molecule has 0 radical (unpaired) electrons. The molecule has 2 aliphatic carbocycles. The number of benzene rings is 1. The number of rotatable bonds is 5. The number of aryl methyl sites for hydroxylation is 1. The summed E-state index contributed by atoms with van der Waals surface area (Å²) < 4.78 is 0. The van der Waals surface area contributed by atoms with Crippen molar-refractivity contribution < 1.29 is 4.79 Å². The molecule has 1 unspecified atom stereocenters. The monoisotopic (exact) mass is 286 g/mol. The van der Waals surface area contributed by atoms with Gasteiger partial charge >= 0.3 is 0 Å². The topological polar surface area (TPSA) is 41.1 Å². The second-order valence-electron chi connectivity index (χ2n) is 7.14. The van der Waals surface area contributed by atoms with Crippen molar-refractivity contribution in [2.75, 3.05) is 13.1 Å². The smallest absolute Gasteiger partial charge is 0.223 e. The summed E-state index contributed by atoms with van der Waals surface area (Å²) in [6.45, 7) is 6.23. The van der Waals surface area contributed by atoms with Gasteiger partial charge in [0.15, 0.2) is 0 Å². The largest absolute Gasteiger partial charge is 0.355 e. The lowest BCUT2D eigenvalue weighted by atomic mass is 9.70. The maximum atomic E-state index is 11.6. The molecule has 3 rings (SSSR count). The van der Waals surface area contributed by atoms with Gasteiger partial charge in [-0.05, 0) is 42.2 Å². The molecule has 0 bridgehead atoms. The molecule has 2 aliphatic rings. The Morgan fingerprint density at radius 3 is 2.76 bits per heavy atom. The van der Waals surface area contributed by atoms with Crippen LogP contribution in [0.2, 0.25) is 0 Å². The molecule has 1 atom stereocenters. The molecular formula is C18H26N2O. The Morgan fingerprint density at radius 1 is 1.24 bits per heavy atom. The van der Waals surface area contributed by atoms with E-state index in [2.05, 4.69) is 48.7 Å². The Hall–Kier alpha value is -1.35. The molecule has 114 valence electrons. The SMILES string of the molecule is CC1(C)CCc2ccccc2C1NCCNC(=O)C1CC1. The average molecular weight is 286 g/mol. The van der Waals surface area contributed by atoms with Crippen LogP contribution in [0.25, 0.3) is 0 Å². The lowest BCUT2D eigenvalue weighted by Crippen LogP contribution is -2.41. The van der Waals surface area contributed by atoms with Crippen molar-refractivity contribution >= 4 is 5.91 Å². The summed E-state index contributed by atoms with van der Waals surface area (Å²) in [5, 5.41) is 6.70. The Labute approximate surface area is 127 Å². The third-order valence-corrected chi connectivity index (χ3v) is 4.91. The first kappa shape index (κ1) is 14.6. The van der Waals surface area contributed by atoms with E-state index in [1.807, 2.05) is 0 Å². The van der Waals surface area contributed by atoms with Gasteiger partial charge in [-0.1, -0.05) is 38.1 Å². The highest BCUT2D eigenvalue weighted by Crippen LogP contribution is 2.43. The van der Waals surface area contributed by atoms with Crippen LogP contribution in [0.1, 0.15) is 50.3 Å². The van der Waals surface area contributed by atoms with Crippen molar-refractivity contribution in [2.24, 2.45) is 11.3 Å². The van der Waals surface area contributed by atoms with E-state index in [9.17, 15) is 4.79 Å². The van der Waals surface area contributed by atoms with Gasteiger partial charge in [-0.3, -0.25) is 4.79 Å². The highest BCUT2D eigenvalue weighted by atomic mass is 16.2. The van der Waals surface area contributed by atoms with E-state index in [0.29, 0.717) is 12.0 Å². The molecule has 0 heterocycles. The summed E-state index contributed by atoms with van der Waals surface area (Å²) >= 11 is 0. The normalized spacial score (nSPS) is 23.4. The third-order valence-electron chi connectivity index (χ3n) is 4.91. The minimum atomic E-state index is 0.236. The highest BCUT2D eigenvalue weighted by molar-refractivity contribution is 5.80. The van der Waals surface area contributed by atoms with Crippen molar-refractivity contribution in [3.05, 3.63) is 35.4 Å². The van der Waals surface area contributed by atoms with Crippen molar-refractivity contribution in [3.63, 3.8) is 0 Å². The first-order chi connectivity index (χ1) is 10.1. The van der Waals surface area contributed by atoms with Gasteiger partial charge in [0.05, 0.1) is 0 Å². The van der Waals surface area contributed by atoms with Gasteiger partial charge in [-0.25, -0.2) is 0 Å². The van der Waals surface area contributed by atoms with Gasteiger partial charge in [-0.2, -0.15) is 0 Å². The number of carbonyl (C=O) groups is 1. The Morgan fingerprint density at radius 2 is 2.00 bits per heavy atom. The van der Waals surface area contributed by atoms with E-state index in [0.717, 1.165) is 25.9 Å². The van der Waals surface area contributed by atoms with Crippen molar-refractivity contribution in [1.29, 1.82) is 0 Å². The quantitative estimate of drug-likeness (QED) is 0.817. The first-order valence-electron chi connectivity index (χ1n) is 8.17. The molecule has 2 N–H and O–H groups in total. The molecule has 3 heteroatoms. The summed E-state index contributed by atoms with van der Waals surface area (Å²) in [6, 6.07) is 9.12. The van der Waals surface area contributed by atoms with Crippen molar-refractivity contribution in [1.82, 2.24) is 10.6 Å². The zero-order valence-electron chi connectivity index (χ0n) is 13.1. The van der Waals surface area contributed by atoms with Crippen LogP contribution >= 0.6 is 0 Å². The molecule has 0 spiro atoms. The van der Waals surface area contributed by atoms with Crippen LogP contribution in [0, 0.1) is 11.3 Å². The van der Waals surface area contributed by atoms with Crippen LogP contribution < -0.4 is 10.6 Å². The van der Waals surface area contributed by atoms with Crippen LogP contribution in [0.5, 0.6) is 0 Å². The van der Waals surface area contributed by atoms with E-state index >= 15 is 0 Å². The van der Waals surface area contributed by atoms with E-state index in [4.69, 9.17) is 0 Å². The summed E-state index contributed by atoms with van der Waals surface area (Å²) in [5.41, 5.74) is 3.16. The molecule has 0 aromatic heterocycles. The van der Waals surface area contributed by atoms with Crippen LogP contribution in [0.4, 0.5) is 0 Å². The van der Waals surface area contributed by atoms with E-state index in [1.165, 1.54) is 24.0 Å². The van der Waals surface area contributed by atoms with Gasteiger partial charge in [0.1, 0.15) is 0 Å². The number of carbonyl (C=O) groups excluding carboxylic acids is 1. The van der Waals surface area contributed by atoms with Crippen LogP contribution in [-0.4, -0.2) is 19.0 Å². The van der Waals surface area contributed by atoms with Crippen molar-refractivity contribution in [2.45, 2.75) is 45.6 Å². The van der Waals surface area contributed by atoms with Crippen LogP contribution in [0.3, 0.4) is 0 Å². The predicted octanol–water partition coefficient (Wildman–Crippen LogP) is 2.82. The number of nitrogens with one attached hydrogen (secondary N) is 2. The lowest BCUT2D eigenvalue weighted by molar-refractivity contribution is -0.122. The maximum absolute atomic E-state index is 11.6. The van der Waals surface area contributed by atoms with Gasteiger partial charge in [0, 0.05) is 25.0 Å². The maximum Gasteiger partial charge on any atom is 0.223 e. The average Bonchev–Trinajstić information content (AvgIpc) is 3.29. The van der Waals surface area contributed by atoms with Crippen LogP contribution in [0.15, 0.2) is 24.3 Å². The lowest BCUT2D eigenvalue weighted by Gasteiger charge is -2.40. The highest BCUT2D eigenvalue weighted by Gasteiger charge is 2.35. The van der Waals surface area contributed by atoms with Gasteiger partial charge in [0.2, 0.25) is 5.91 Å². The Bertz CT molecular complexity index is 520. The molecule has 0 aliphatic heterocycles. The van der Waals surface area contributed by atoms with Crippen LogP contribution in [-0.2, 0) is 11.2 Å². The predicted molar refractivity (Wildman–Crippen MR) is 85.0 cm³/mol. The summed E-state index contributed by atoms with van der Waals surface area (Å²) in [5.74, 6) is 0.539. The minimum absolute atomic E-state index is 0.236. The second-order valence-corrected chi connectivity index (χ2v) is 7.14. The molecular weight excluding hydrogens is 260 g/mol. The molecule has 1 saturated carbocycles. The number of hydrogen-bond donors (Lipinski definition) is 2. The fourth-order valence-corrected chi connectivity index (χ4v) is 3.34. The second kappa shape index (κ2) is 5.80. The van der Waals surface area contributed by atoms with E-state index in [-0.39, 0.29) is 11.3 Å². The zero-order valence-corrected chi connectivity index (χ0v) is 13.1. The zero-order chi connectivity index (χ0) is 14.9. The Kier molecular flexibility index (Phi) is 4.03. The van der Waals surface area contributed by atoms with Crippen molar-refractivity contribution in [3.8, 4) is 0 Å². The molecule has 21 heavy (non-hydrogen) atoms. The fraction of sp³-hybridized carbons (Fsp3) is 0.611. The fourth-order valence-electron chi connectivity index (χ4n) is 3.34. The molecule has 1 fully saturated rings. The van der Waals surface area contributed by atoms with Gasteiger partial charge in [0.25, 0.3) is 0 Å². The molecule has 3 nitrogen and oxygen atoms in total. The molecule has 1 aromatic carbocycles. The first-order valence-corrected chi connectivity index (χ1v) is 8.17. The van der Waals surface area contributed by atoms with E-state index in [1.54, 1.807) is 0 Å². The molecule has 0 saturated heterocycles. The van der Waals surface area contributed by atoms with E-state index < -0.39 is 0 Å². The minimum Gasteiger partial charge on any atom is -0.355 e. The molecule has 1 aromatic rings. The summed E-state index contributed by atoms with van der Waals surface area (Å²) in [7, 11) is 0.